The first-order chi connectivity index (χ1) is 3.93. The first-order valence-electron chi connectivity index (χ1n) is 2.38. The fourth-order valence-corrected chi connectivity index (χ4v) is 0.513. The quantitative estimate of drug-likeness (QED) is 0.479. The molecule has 0 heterocycles. The Balaban J connectivity index is 0.000000640. The smallest absolute Gasteiger partial charge is 0.0991 e. The zero-order valence-corrected chi connectivity index (χ0v) is 7.33. The van der Waals surface area contributed by atoms with Gasteiger partial charge < -0.3 is 0 Å². The topological polar surface area (TPSA) is 23.8 Å². The molecule has 0 aliphatic heterocycles. The van der Waals surface area contributed by atoms with Gasteiger partial charge in [-0.15, -0.1) is 0 Å². The van der Waals surface area contributed by atoms with Crippen LogP contribution in [0, 0.1) is 11.3 Å². The summed E-state index contributed by atoms with van der Waals surface area (Å²) in [5.74, 6) is 0. The molecule has 1 nitrogen and oxygen atoms in total. The maximum Gasteiger partial charge on any atom is 0.0991 e. The van der Waals surface area contributed by atoms with Gasteiger partial charge in [-0.1, -0.05) is 18.2 Å². The summed E-state index contributed by atoms with van der Waals surface area (Å²) in [6, 6.07) is 11.2. The molecule has 0 amide bonds. The fraction of sp³-hybridized carbons (Fsp3) is 0. The average molecular weight is 126 g/mol. The summed E-state index contributed by atoms with van der Waals surface area (Å²) in [5.41, 5.74) is 0.715. The Morgan fingerprint density at radius 1 is 1.11 bits per heavy atom. The van der Waals surface area contributed by atoms with Gasteiger partial charge in [0.05, 0.1) is 11.6 Å². The van der Waals surface area contributed by atoms with E-state index < -0.39 is 0 Å². The van der Waals surface area contributed by atoms with Crippen molar-refractivity contribution in [1.82, 2.24) is 0 Å². The van der Waals surface area contributed by atoms with Crippen molar-refractivity contribution < 1.29 is 0 Å². The van der Waals surface area contributed by atoms with E-state index in [1.807, 2.05) is 24.3 Å². The van der Waals surface area contributed by atoms with Crippen LogP contribution < -0.4 is 0 Å². The van der Waals surface area contributed by atoms with Gasteiger partial charge in [-0.05, 0) is 12.1 Å². The summed E-state index contributed by atoms with van der Waals surface area (Å²) in [4.78, 5) is 0. The second-order valence-corrected chi connectivity index (χ2v) is 1.48. The molecule has 1 aromatic carbocycles. The molecule has 0 aliphatic carbocycles. The monoisotopic (exact) mass is 126 g/mol. The van der Waals surface area contributed by atoms with Gasteiger partial charge in [0.25, 0.3) is 0 Å². The number of hydrogen-bond donors (Lipinski definition) is 0. The Bertz CT molecular complexity index is 200. The third kappa shape index (κ3) is 2.67. The van der Waals surface area contributed by atoms with Gasteiger partial charge >= 0.3 is 0 Å². The van der Waals surface area contributed by atoms with Crippen LogP contribution in [0.3, 0.4) is 0 Å². The van der Waals surface area contributed by atoms with Crippen molar-refractivity contribution in [3.63, 3.8) is 0 Å². The van der Waals surface area contributed by atoms with Gasteiger partial charge in [0, 0.05) is 29.6 Å². The number of rotatable bonds is 0. The number of hydrogen-bond acceptors (Lipinski definition) is 1. The van der Waals surface area contributed by atoms with E-state index in [9.17, 15) is 0 Å². The molecular weight excluding hydrogens is 121 g/mol. The molecule has 0 unspecified atom stereocenters. The molecule has 0 fully saturated rings. The van der Waals surface area contributed by atoms with Crippen LogP contribution in [0.4, 0.5) is 0 Å². The second kappa shape index (κ2) is 4.58. The van der Waals surface area contributed by atoms with Gasteiger partial charge in [0.2, 0.25) is 0 Å². The third-order valence-corrected chi connectivity index (χ3v) is 0.903. The first-order valence-corrected chi connectivity index (χ1v) is 2.38. The van der Waals surface area contributed by atoms with E-state index in [-0.39, 0.29) is 29.6 Å². The molecule has 0 spiro atoms. The summed E-state index contributed by atoms with van der Waals surface area (Å²) in [7, 11) is 0. The van der Waals surface area contributed by atoms with Crippen LogP contribution in [-0.2, 0) is 0 Å². The Labute approximate surface area is 76.6 Å². The van der Waals surface area contributed by atoms with Crippen LogP contribution in [0.2, 0.25) is 0 Å². The Morgan fingerprint density at radius 2 is 1.67 bits per heavy atom. The van der Waals surface area contributed by atoms with E-state index >= 15 is 0 Å². The number of benzene rings is 1. The molecule has 0 bridgehead atoms. The Morgan fingerprint density at radius 3 is 2.00 bits per heavy atom. The predicted molar refractivity (Wildman–Crippen MR) is 36.9 cm³/mol. The molecule has 2 heteroatoms. The van der Waals surface area contributed by atoms with Gasteiger partial charge in [0.15, 0.2) is 0 Å². The normalized spacial score (nSPS) is 7.00. The van der Waals surface area contributed by atoms with Crippen molar-refractivity contribution in [3.05, 3.63) is 35.9 Å². The maximum atomic E-state index is 8.29. The standard InChI is InChI=1S/C7H5N.Na/c8-6-7-4-2-1-3-5-7;/h1-5H;. The molecule has 0 aliphatic rings. The fourth-order valence-electron chi connectivity index (χ4n) is 0.513. The van der Waals surface area contributed by atoms with E-state index in [1.54, 1.807) is 12.1 Å². The van der Waals surface area contributed by atoms with E-state index in [4.69, 9.17) is 5.26 Å². The average Bonchev–Trinajstić information content (AvgIpc) is 1.90. The van der Waals surface area contributed by atoms with Crippen LogP contribution in [0.1, 0.15) is 5.56 Å². The van der Waals surface area contributed by atoms with Crippen LogP contribution in [-0.4, -0.2) is 29.6 Å². The summed E-state index contributed by atoms with van der Waals surface area (Å²) < 4.78 is 0. The van der Waals surface area contributed by atoms with Crippen molar-refractivity contribution in [3.8, 4) is 6.07 Å². The molecule has 1 rings (SSSR count). The van der Waals surface area contributed by atoms with Crippen molar-refractivity contribution in [1.29, 1.82) is 5.26 Å². The van der Waals surface area contributed by atoms with Crippen LogP contribution in [0.25, 0.3) is 0 Å². The Hall–Kier alpha value is -0.290. The maximum absolute atomic E-state index is 8.29. The van der Waals surface area contributed by atoms with E-state index in [2.05, 4.69) is 0 Å². The third-order valence-electron chi connectivity index (χ3n) is 0.903. The molecule has 1 radical (unpaired) electrons. The van der Waals surface area contributed by atoms with Gasteiger partial charge in [-0.25, -0.2) is 0 Å². The first kappa shape index (κ1) is 8.71. The molecule has 0 saturated carbocycles. The molecule has 1 aromatic rings. The van der Waals surface area contributed by atoms with Crippen LogP contribution in [0.15, 0.2) is 30.3 Å². The van der Waals surface area contributed by atoms with Crippen molar-refractivity contribution in [2.75, 3.05) is 0 Å². The minimum Gasteiger partial charge on any atom is -0.192 e. The summed E-state index contributed by atoms with van der Waals surface area (Å²) in [6.45, 7) is 0. The van der Waals surface area contributed by atoms with Crippen molar-refractivity contribution >= 4 is 29.6 Å². The number of nitriles is 1. The van der Waals surface area contributed by atoms with Gasteiger partial charge in [0.1, 0.15) is 0 Å². The van der Waals surface area contributed by atoms with Gasteiger partial charge in [-0.3, -0.25) is 0 Å². The van der Waals surface area contributed by atoms with E-state index in [0.717, 1.165) is 0 Å². The largest absolute Gasteiger partial charge is 0.192 e. The van der Waals surface area contributed by atoms with Crippen molar-refractivity contribution in [2.24, 2.45) is 0 Å². The summed E-state index contributed by atoms with van der Waals surface area (Å²) in [6.07, 6.45) is 0. The number of nitrogens with zero attached hydrogens (tertiary/aromatic N) is 1. The van der Waals surface area contributed by atoms with Crippen LogP contribution >= 0.6 is 0 Å². The zero-order chi connectivity index (χ0) is 5.82. The molecule has 0 atom stereocenters. The zero-order valence-electron chi connectivity index (χ0n) is 5.33. The summed E-state index contributed by atoms with van der Waals surface area (Å²) in [5, 5.41) is 8.29. The molecule has 39 valence electrons. The SMILES string of the molecule is N#Cc1ccccc1.[Na]. The van der Waals surface area contributed by atoms with E-state index in [1.165, 1.54) is 0 Å². The summed E-state index contributed by atoms with van der Waals surface area (Å²) >= 11 is 0. The molecule has 0 aromatic heterocycles. The Kier molecular flexibility index (Phi) is 4.43. The molecule has 0 N–H and O–H groups in total. The van der Waals surface area contributed by atoms with Crippen LogP contribution in [0.5, 0.6) is 0 Å². The van der Waals surface area contributed by atoms with Crippen molar-refractivity contribution in [2.45, 2.75) is 0 Å². The molecular formula is C7H5NNa. The second-order valence-electron chi connectivity index (χ2n) is 1.48. The minimum absolute atomic E-state index is 0. The minimum atomic E-state index is 0. The molecule has 9 heavy (non-hydrogen) atoms. The van der Waals surface area contributed by atoms with Gasteiger partial charge in [-0.2, -0.15) is 5.26 Å². The van der Waals surface area contributed by atoms with E-state index in [0.29, 0.717) is 5.56 Å². The molecule has 0 saturated heterocycles. The predicted octanol–water partition coefficient (Wildman–Crippen LogP) is 1.18.